The van der Waals surface area contributed by atoms with Crippen molar-refractivity contribution < 1.29 is 21.6 Å². The van der Waals surface area contributed by atoms with E-state index in [4.69, 9.17) is 0 Å². The van der Waals surface area contributed by atoms with E-state index in [0.29, 0.717) is 17.1 Å². The molecule has 13 heteroatoms. The predicted molar refractivity (Wildman–Crippen MR) is 169 cm³/mol. The molecule has 1 aromatic heterocycles. The number of para-hydroxylation sites is 2. The van der Waals surface area contributed by atoms with Crippen LogP contribution in [0.4, 0.5) is 17.1 Å². The summed E-state index contributed by atoms with van der Waals surface area (Å²) in [4.78, 5) is 27.0. The first-order chi connectivity index (χ1) is 21.0. The summed E-state index contributed by atoms with van der Waals surface area (Å²) < 4.78 is 59.5. The minimum Gasteiger partial charge on any atom is -0.325 e. The molecular formula is C31H29N5O6S2. The van der Waals surface area contributed by atoms with E-state index in [0.717, 1.165) is 4.31 Å². The molecule has 0 atom stereocenters. The van der Waals surface area contributed by atoms with Crippen molar-refractivity contribution in [2.24, 2.45) is 7.05 Å². The van der Waals surface area contributed by atoms with Gasteiger partial charge in [-0.1, -0.05) is 54.6 Å². The fourth-order valence-corrected chi connectivity index (χ4v) is 7.17. The highest BCUT2D eigenvalue weighted by atomic mass is 32.2. The van der Waals surface area contributed by atoms with E-state index >= 15 is 0 Å². The number of anilines is 3. The van der Waals surface area contributed by atoms with Crippen LogP contribution in [-0.4, -0.2) is 38.7 Å². The van der Waals surface area contributed by atoms with Gasteiger partial charge in [0.15, 0.2) is 0 Å². The van der Waals surface area contributed by atoms with Crippen molar-refractivity contribution in [3.05, 3.63) is 131 Å². The lowest BCUT2D eigenvalue weighted by atomic mass is 10.3. The molecule has 0 saturated heterocycles. The SMILES string of the molecule is Cc1c(N(CC(=O)Nc2ccc(S(=O)(=O)Nc3ccccc3)cc2)S(=O)(=O)c2ccccc2)c(=O)n(-c2ccccc2)n1C. The summed E-state index contributed by atoms with van der Waals surface area (Å²) in [6.45, 7) is 0.881. The van der Waals surface area contributed by atoms with Gasteiger partial charge in [-0.15, -0.1) is 0 Å². The highest BCUT2D eigenvalue weighted by molar-refractivity contribution is 7.93. The van der Waals surface area contributed by atoms with Crippen LogP contribution in [0.2, 0.25) is 0 Å². The number of rotatable bonds is 10. The lowest BCUT2D eigenvalue weighted by molar-refractivity contribution is -0.114. The maximum Gasteiger partial charge on any atom is 0.296 e. The molecule has 11 nitrogen and oxygen atoms in total. The van der Waals surface area contributed by atoms with E-state index in [-0.39, 0.29) is 21.2 Å². The Labute approximate surface area is 255 Å². The number of benzene rings is 4. The topological polar surface area (TPSA) is 140 Å². The summed E-state index contributed by atoms with van der Waals surface area (Å²) in [5.74, 6) is -0.739. The first-order valence-corrected chi connectivity index (χ1v) is 16.3. The molecule has 44 heavy (non-hydrogen) atoms. The van der Waals surface area contributed by atoms with Crippen molar-refractivity contribution in [2.45, 2.75) is 16.7 Å². The molecule has 4 aromatic carbocycles. The molecule has 1 heterocycles. The van der Waals surface area contributed by atoms with Crippen molar-refractivity contribution in [3.8, 4) is 5.69 Å². The van der Waals surface area contributed by atoms with Gasteiger partial charge in [0, 0.05) is 18.4 Å². The summed E-state index contributed by atoms with van der Waals surface area (Å²) >= 11 is 0. The normalized spacial score (nSPS) is 11.6. The molecule has 0 aliphatic carbocycles. The third-order valence-electron chi connectivity index (χ3n) is 6.87. The van der Waals surface area contributed by atoms with Crippen LogP contribution in [0.3, 0.4) is 0 Å². The summed E-state index contributed by atoms with van der Waals surface area (Å²) in [6, 6.07) is 30.1. The fourth-order valence-electron chi connectivity index (χ4n) is 4.61. The molecule has 0 fully saturated rings. The number of hydrogen-bond acceptors (Lipinski definition) is 6. The zero-order chi connectivity index (χ0) is 31.5. The van der Waals surface area contributed by atoms with Gasteiger partial charge < -0.3 is 5.32 Å². The van der Waals surface area contributed by atoms with Crippen molar-refractivity contribution in [1.29, 1.82) is 0 Å². The second kappa shape index (κ2) is 12.2. The largest absolute Gasteiger partial charge is 0.325 e. The number of amides is 1. The van der Waals surface area contributed by atoms with Crippen molar-refractivity contribution in [1.82, 2.24) is 9.36 Å². The van der Waals surface area contributed by atoms with Gasteiger partial charge in [-0.25, -0.2) is 25.8 Å². The number of aromatic nitrogens is 2. The third kappa shape index (κ3) is 6.14. The Morgan fingerprint density at radius 1 is 0.727 bits per heavy atom. The molecule has 0 unspecified atom stereocenters. The second-order valence-electron chi connectivity index (χ2n) is 9.78. The zero-order valence-corrected chi connectivity index (χ0v) is 25.4. The van der Waals surface area contributed by atoms with Crippen LogP contribution >= 0.6 is 0 Å². The van der Waals surface area contributed by atoms with Crippen molar-refractivity contribution >= 4 is 43.0 Å². The highest BCUT2D eigenvalue weighted by Crippen LogP contribution is 2.26. The third-order valence-corrected chi connectivity index (χ3v) is 10.0. The maximum atomic E-state index is 13.9. The lowest BCUT2D eigenvalue weighted by Gasteiger charge is -2.23. The molecule has 5 rings (SSSR count). The molecule has 5 aromatic rings. The number of hydrogen-bond donors (Lipinski definition) is 2. The van der Waals surface area contributed by atoms with Crippen LogP contribution in [0, 0.1) is 6.92 Å². The lowest BCUT2D eigenvalue weighted by Crippen LogP contribution is -2.41. The van der Waals surface area contributed by atoms with Gasteiger partial charge >= 0.3 is 0 Å². The minimum absolute atomic E-state index is 0.0333. The minimum atomic E-state index is -4.37. The monoisotopic (exact) mass is 631 g/mol. The van der Waals surface area contributed by atoms with Gasteiger partial charge in [0.05, 0.1) is 21.2 Å². The fraction of sp³-hybridized carbons (Fsp3) is 0.0968. The summed E-state index contributed by atoms with van der Waals surface area (Å²) in [6.07, 6.45) is 0. The summed E-state index contributed by atoms with van der Waals surface area (Å²) in [7, 11) is -6.63. The summed E-state index contributed by atoms with van der Waals surface area (Å²) in [5.41, 5.74) is 0.677. The van der Waals surface area contributed by atoms with E-state index in [9.17, 15) is 26.4 Å². The molecule has 0 radical (unpaired) electrons. The zero-order valence-electron chi connectivity index (χ0n) is 23.8. The molecule has 1 amide bonds. The average molecular weight is 632 g/mol. The van der Waals surface area contributed by atoms with Gasteiger partial charge in [0.1, 0.15) is 12.2 Å². The Hall–Kier alpha value is -5.14. The van der Waals surface area contributed by atoms with E-state index in [1.54, 1.807) is 92.8 Å². The molecule has 0 aliphatic heterocycles. The van der Waals surface area contributed by atoms with Crippen molar-refractivity contribution in [3.63, 3.8) is 0 Å². The number of nitrogens with one attached hydrogen (secondary N) is 2. The van der Waals surface area contributed by atoms with Gasteiger partial charge in [-0.3, -0.25) is 19.0 Å². The molecular weight excluding hydrogens is 603 g/mol. The molecule has 226 valence electrons. The number of carbonyl (C=O) groups is 1. The quantitative estimate of drug-likeness (QED) is 0.238. The van der Waals surface area contributed by atoms with Crippen LogP contribution < -0.4 is 19.9 Å². The maximum absolute atomic E-state index is 13.9. The number of carbonyl (C=O) groups excluding carboxylic acids is 1. The van der Waals surface area contributed by atoms with Crippen molar-refractivity contribution in [2.75, 3.05) is 20.9 Å². The van der Waals surface area contributed by atoms with E-state index in [1.807, 2.05) is 0 Å². The first kappa shape index (κ1) is 30.3. The Bertz CT molecular complexity index is 2060. The number of nitrogens with zero attached hydrogens (tertiary/aromatic N) is 3. The van der Waals surface area contributed by atoms with Crippen LogP contribution in [0.15, 0.2) is 130 Å². The van der Waals surface area contributed by atoms with E-state index < -0.39 is 38.1 Å². The molecule has 0 spiro atoms. The Morgan fingerprint density at radius 3 is 1.86 bits per heavy atom. The van der Waals surface area contributed by atoms with E-state index in [1.165, 1.54) is 45.8 Å². The Balaban J connectivity index is 1.45. The van der Waals surface area contributed by atoms with Crippen LogP contribution in [0.25, 0.3) is 5.69 Å². The van der Waals surface area contributed by atoms with Crippen LogP contribution in [0.5, 0.6) is 0 Å². The highest BCUT2D eigenvalue weighted by Gasteiger charge is 2.33. The second-order valence-corrected chi connectivity index (χ2v) is 13.3. The molecule has 2 N–H and O–H groups in total. The average Bonchev–Trinajstić information content (AvgIpc) is 3.24. The Morgan fingerprint density at radius 2 is 1.27 bits per heavy atom. The Kier molecular flexibility index (Phi) is 8.43. The van der Waals surface area contributed by atoms with Gasteiger partial charge in [0.25, 0.3) is 25.6 Å². The molecule has 0 saturated carbocycles. The summed E-state index contributed by atoms with van der Waals surface area (Å²) in [5, 5.41) is 2.61. The first-order valence-electron chi connectivity index (χ1n) is 13.4. The molecule has 0 aliphatic rings. The number of sulfonamides is 2. The van der Waals surface area contributed by atoms with Crippen LogP contribution in [0.1, 0.15) is 5.69 Å². The predicted octanol–water partition coefficient (Wildman–Crippen LogP) is 4.12. The standard InChI is InChI=1S/C31H29N5O6S2/c1-23-30(31(38)36(34(23)2)26-14-8-4-9-15-26)35(44(41,42)28-16-10-5-11-17-28)22-29(37)32-24-18-20-27(21-19-24)43(39,40)33-25-12-6-3-7-13-25/h3-21,33H,22H2,1-2H3,(H,32,37). The van der Waals surface area contributed by atoms with Gasteiger partial charge in [0.2, 0.25) is 5.91 Å². The van der Waals surface area contributed by atoms with Crippen LogP contribution in [-0.2, 0) is 31.9 Å². The smallest absolute Gasteiger partial charge is 0.296 e. The van der Waals surface area contributed by atoms with Gasteiger partial charge in [-0.2, -0.15) is 0 Å². The van der Waals surface area contributed by atoms with E-state index in [2.05, 4.69) is 10.0 Å². The van der Waals surface area contributed by atoms with Gasteiger partial charge in [-0.05, 0) is 67.6 Å². The molecule has 0 bridgehead atoms.